The molecule has 0 bridgehead atoms. The summed E-state index contributed by atoms with van der Waals surface area (Å²) >= 11 is 0. The van der Waals surface area contributed by atoms with E-state index in [2.05, 4.69) is 5.32 Å². The Morgan fingerprint density at radius 3 is 2.34 bits per heavy atom. The van der Waals surface area contributed by atoms with E-state index in [1.165, 1.54) is 11.6 Å². The van der Waals surface area contributed by atoms with E-state index >= 15 is 0 Å². The Morgan fingerprint density at radius 2 is 1.72 bits per heavy atom. The van der Waals surface area contributed by atoms with Crippen LogP contribution in [0.1, 0.15) is 18.1 Å². The van der Waals surface area contributed by atoms with E-state index in [0.717, 1.165) is 11.6 Å². The molecule has 9 nitrogen and oxygen atoms in total. The smallest absolute Gasteiger partial charge is 0.412 e. The van der Waals surface area contributed by atoms with Gasteiger partial charge in [-0.05, 0) is 42.0 Å². The molecule has 2 rings (SSSR count). The number of hydroxylamine groups is 1. The number of ether oxygens (including phenoxy) is 3. The zero-order valence-corrected chi connectivity index (χ0v) is 17.6. The largest absolute Gasteiger partial charge is 0.497 e. The monoisotopic (exact) mass is 442 g/mol. The molecular formula is C23H26N2O7. The van der Waals surface area contributed by atoms with Gasteiger partial charge in [-0.1, -0.05) is 30.4 Å². The lowest BCUT2D eigenvalue weighted by molar-refractivity contribution is -0.124. The minimum absolute atomic E-state index is 0.0916. The van der Waals surface area contributed by atoms with Crippen molar-refractivity contribution in [3.05, 3.63) is 78.4 Å². The maximum atomic E-state index is 12.4. The summed E-state index contributed by atoms with van der Waals surface area (Å²) in [7, 11) is 1.56. The number of anilines is 1. The van der Waals surface area contributed by atoms with Crippen LogP contribution < -0.4 is 20.3 Å². The number of carbonyl (C=O) groups excluding carboxylic acids is 2. The van der Waals surface area contributed by atoms with Gasteiger partial charge in [-0.25, -0.2) is 10.3 Å². The number of nitrogens with one attached hydrogen (secondary N) is 2. The van der Waals surface area contributed by atoms with Crippen molar-refractivity contribution in [1.82, 2.24) is 5.48 Å². The molecule has 0 aliphatic heterocycles. The Labute approximate surface area is 185 Å². The van der Waals surface area contributed by atoms with Gasteiger partial charge in [0.05, 0.1) is 13.7 Å². The lowest BCUT2D eigenvalue weighted by Gasteiger charge is -2.18. The van der Waals surface area contributed by atoms with Crippen LogP contribution in [0.15, 0.2) is 72.8 Å². The quantitative estimate of drug-likeness (QED) is 0.182. The predicted molar refractivity (Wildman–Crippen MR) is 118 cm³/mol. The van der Waals surface area contributed by atoms with Crippen molar-refractivity contribution in [2.45, 2.75) is 12.5 Å². The highest BCUT2D eigenvalue weighted by atomic mass is 16.6. The Balaban J connectivity index is 2.07. The molecule has 0 saturated carbocycles. The molecule has 2 aromatic rings. The number of carbonyl (C=O) groups is 2. The van der Waals surface area contributed by atoms with Gasteiger partial charge < -0.3 is 19.3 Å². The first-order chi connectivity index (χ1) is 15.5. The second kappa shape index (κ2) is 13.5. The van der Waals surface area contributed by atoms with E-state index in [-0.39, 0.29) is 13.2 Å². The number of benzene rings is 2. The fourth-order valence-electron chi connectivity index (χ4n) is 2.61. The van der Waals surface area contributed by atoms with Crippen molar-refractivity contribution in [3.63, 3.8) is 0 Å². The Morgan fingerprint density at radius 1 is 1.03 bits per heavy atom. The third-order valence-corrected chi connectivity index (χ3v) is 4.15. The molecule has 0 heterocycles. The van der Waals surface area contributed by atoms with Crippen molar-refractivity contribution < 1.29 is 34.1 Å². The van der Waals surface area contributed by atoms with Gasteiger partial charge in [-0.15, -0.1) is 0 Å². The van der Waals surface area contributed by atoms with Crippen LogP contribution >= 0.6 is 0 Å². The summed E-state index contributed by atoms with van der Waals surface area (Å²) in [6, 6.07) is 13.8. The summed E-state index contributed by atoms with van der Waals surface area (Å²) < 4.78 is 16.1. The highest BCUT2D eigenvalue weighted by Crippen LogP contribution is 2.25. The van der Waals surface area contributed by atoms with Crippen LogP contribution in [0.25, 0.3) is 0 Å². The van der Waals surface area contributed by atoms with Crippen LogP contribution in [0.5, 0.6) is 11.5 Å². The van der Waals surface area contributed by atoms with E-state index in [0.29, 0.717) is 23.6 Å². The summed E-state index contributed by atoms with van der Waals surface area (Å²) in [6.07, 6.45) is 5.01. The summed E-state index contributed by atoms with van der Waals surface area (Å²) in [6.45, 7) is 0.0890. The molecule has 2 amide bonds. The Hall–Kier alpha value is -3.82. The molecule has 0 fully saturated rings. The number of allylic oxidation sites excluding steroid dienone is 2. The molecular weight excluding hydrogens is 416 g/mol. The number of hydrogen-bond acceptors (Lipinski definition) is 7. The molecule has 0 unspecified atom stereocenters. The van der Waals surface area contributed by atoms with Crippen LogP contribution in [0, 0.1) is 0 Å². The maximum absolute atomic E-state index is 12.4. The van der Waals surface area contributed by atoms with Crippen LogP contribution in [0.4, 0.5) is 10.5 Å². The van der Waals surface area contributed by atoms with Crippen molar-refractivity contribution in [3.8, 4) is 11.5 Å². The molecule has 0 spiro atoms. The molecule has 0 aromatic heterocycles. The van der Waals surface area contributed by atoms with E-state index in [9.17, 15) is 9.59 Å². The van der Waals surface area contributed by atoms with Gasteiger partial charge in [0.1, 0.15) is 24.2 Å². The SMILES string of the molecule is COc1ccc(NC(=O)O[C@@H](C/C=C/C=C/C(=O)NO)c2ccc(OCCO)cc2)cc1. The maximum Gasteiger partial charge on any atom is 0.412 e. The number of aliphatic hydroxyl groups is 1. The first-order valence-corrected chi connectivity index (χ1v) is 9.78. The van der Waals surface area contributed by atoms with Gasteiger partial charge >= 0.3 is 6.09 Å². The van der Waals surface area contributed by atoms with Crippen LogP contribution in [0.2, 0.25) is 0 Å². The average molecular weight is 442 g/mol. The molecule has 1 atom stereocenters. The lowest BCUT2D eigenvalue weighted by Crippen LogP contribution is -2.17. The summed E-state index contributed by atoms with van der Waals surface area (Å²) in [5.74, 6) is 0.593. The van der Waals surface area contributed by atoms with Crippen molar-refractivity contribution in [1.29, 1.82) is 0 Å². The number of amides is 2. The Kier molecular flexibility index (Phi) is 10.3. The fraction of sp³-hybridized carbons (Fsp3) is 0.217. The number of rotatable bonds is 11. The minimum Gasteiger partial charge on any atom is -0.497 e. The van der Waals surface area contributed by atoms with E-state index in [1.54, 1.807) is 67.8 Å². The summed E-state index contributed by atoms with van der Waals surface area (Å²) in [4.78, 5) is 23.4. The molecule has 4 N–H and O–H groups in total. The molecule has 0 aliphatic rings. The van der Waals surface area contributed by atoms with E-state index in [1.807, 2.05) is 0 Å². The van der Waals surface area contributed by atoms with Crippen LogP contribution in [-0.4, -0.2) is 42.6 Å². The van der Waals surface area contributed by atoms with Crippen molar-refractivity contribution in [2.75, 3.05) is 25.6 Å². The average Bonchev–Trinajstić information content (AvgIpc) is 2.82. The van der Waals surface area contributed by atoms with Gasteiger partial charge in [0.25, 0.3) is 5.91 Å². The van der Waals surface area contributed by atoms with E-state index in [4.69, 9.17) is 24.5 Å². The lowest BCUT2D eigenvalue weighted by atomic mass is 10.1. The first kappa shape index (κ1) is 24.4. The first-order valence-electron chi connectivity index (χ1n) is 9.78. The second-order valence-electron chi connectivity index (χ2n) is 6.39. The topological polar surface area (TPSA) is 126 Å². The van der Waals surface area contributed by atoms with Gasteiger partial charge in [0.2, 0.25) is 0 Å². The Bertz CT molecular complexity index is 909. The molecule has 170 valence electrons. The highest BCUT2D eigenvalue weighted by Gasteiger charge is 2.16. The van der Waals surface area contributed by atoms with Gasteiger partial charge in [0, 0.05) is 18.2 Å². The minimum atomic E-state index is -0.653. The highest BCUT2D eigenvalue weighted by molar-refractivity contribution is 5.86. The zero-order chi connectivity index (χ0) is 23.2. The summed E-state index contributed by atoms with van der Waals surface area (Å²) in [5, 5.41) is 20.0. The number of hydrogen-bond donors (Lipinski definition) is 4. The van der Waals surface area contributed by atoms with E-state index < -0.39 is 18.1 Å². The number of aliphatic hydroxyl groups excluding tert-OH is 1. The van der Waals surface area contributed by atoms with Crippen LogP contribution in [-0.2, 0) is 9.53 Å². The van der Waals surface area contributed by atoms with Gasteiger partial charge in [-0.3, -0.25) is 15.3 Å². The standard InChI is InChI=1S/C23H26N2O7/c1-30-19-13-9-18(10-14-19)24-23(28)32-21(5-3-2-4-6-22(27)25-29)17-7-11-20(12-8-17)31-16-15-26/h2-4,6-14,21,26,29H,5,15-16H2,1H3,(H,24,28)(H,25,27)/b3-2+,6-4+/t21-/m0/s1. The fourth-order valence-corrected chi connectivity index (χ4v) is 2.61. The normalized spacial score (nSPS) is 11.8. The molecule has 0 aliphatic carbocycles. The molecule has 0 radical (unpaired) electrons. The third-order valence-electron chi connectivity index (χ3n) is 4.15. The third kappa shape index (κ3) is 8.50. The van der Waals surface area contributed by atoms with Gasteiger partial charge in [0.15, 0.2) is 0 Å². The van der Waals surface area contributed by atoms with Gasteiger partial charge in [-0.2, -0.15) is 0 Å². The van der Waals surface area contributed by atoms with Crippen molar-refractivity contribution >= 4 is 17.7 Å². The van der Waals surface area contributed by atoms with Crippen molar-refractivity contribution in [2.24, 2.45) is 0 Å². The second-order valence-corrected chi connectivity index (χ2v) is 6.39. The predicted octanol–water partition coefficient (Wildman–Crippen LogP) is 3.36. The molecule has 32 heavy (non-hydrogen) atoms. The number of methoxy groups -OCH3 is 1. The molecule has 2 aromatic carbocycles. The zero-order valence-electron chi connectivity index (χ0n) is 17.6. The summed E-state index contributed by atoms with van der Waals surface area (Å²) in [5.41, 5.74) is 2.78. The molecule has 9 heteroatoms. The van der Waals surface area contributed by atoms with Crippen LogP contribution in [0.3, 0.4) is 0 Å². The molecule has 0 saturated heterocycles.